The second-order valence-electron chi connectivity index (χ2n) is 6.13. The Labute approximate surface area is 128 Å². The minimum absolute atomic E-state index is 0.0951. The third-order valence-corrected chi connectivity index (χ3v) is 4.08. The van der Waals surface area contributed by atoms with Crippen molar-refractivity contribution in [1.82, 2.24) is 5.32 Å². The lowest BCUT2D eigenvalue weighted by molar-refractivity contribution is 0.105. The zero-order valence-electron chi connectivity index (χ0n) is 13.3. The van der Waals surface area contributed by atoms with Crippen LogP contribution in [0.25, 0.3) is 10.8 Å². The van der Waals surface area contributed by atoms with E-state index in [2.05, 4.69) is 50.4 Å². The van der Waals surface area contributed by atoms with Crippen molar-refractivity contribution in [1.29, 1.82) is 0 Å². The summed E-state index contributed by atoms with van der Waals surface area (Å²) in [6, 6.07) is 14.6. The van der Waals surface area contributed by atoms with Crippen molar-refractivity contribution in [2.24, 2.45) is 5.92 Å². The van der Waals surface area contributed by atoms with Crippen LogP contribution in [0.5, 0.6) is 0 Å². The number of rotatable bonds is 7. The maximum Gasteiger partial charge on any atom is 0.0945 e. The molecule has 0 aromatic heterocycles. The Morgan fingerprint density at radius 1 is 1.05 bits per heavy atom. The van der Waals surface area contributed by atoms with Crippen molar-refractivity contribution in [3.8, 4) is 0 Å². The standard InChI is InChI=1S/C19H27NO/c1-4-5-12-20-18(14(2)3)19(21)17-11-10-15-8-6-7-9-16(15)13-17/h6-11,13-14,18-21H,4-5,12H2,1-3H3. The zero-order chi connectivity index (χ0) is 15.2. The molecule has 114 valence electrons. The van der Waals surface area contributed by atoms with Gasteiger partial charge in [-0.05, 0) is 41.3 Å². The molecule has 21 heavy (non-hydrogen) atoms. The first-order valence-electron chi connectivity index (χ1n) is 8.03. The molecule has 0 bridgehead atoms. The number of benzene rings is 2. The molecule has 2 atom stereocenters. The lowest BCUT2D eigenvalue weighted by Crippen LogP contribution is -2.39. The Morgan fingerprint density at radius 2 is 1.76 bits per heavy atom. The highest BCUT2D eigenvalue weighted by Gasteiger charge is 2.23. The van der Waals surface area contributed by atoms with Gasteiger partial charge < -0.3 is 10.4 Å². The maximum atomic E-state index is 10.7. The highest BCUT2D eigenvalue weighted by molar-refractivity contribution is 5.83. The summed E-state index contributed by atoms with van der Waals surface area (Å²) in [6.07, 6.45) is 1.85. The van der Waals surface area contributed by atoms with E-state index in [0.29, 0.717) is 5.92 Å². The van der Waals surface area contributed by atoms with Crippen LogP contribution in [0.4, 0.5) is 0 Å². The van der Waals surface area contributed by atoms with Gasteiger partial charge in [-0.15, -0.1) is 0 Å². The molecule has 0 spiro atoms. The van der Waals surface area contributed by atoms with Gasteiger partial charge in [0.2, 0.25) is 0 Å². The molecule has 0 saturated carbocycles. The van der Waals surface area contributed by atoms with Crippen molar-refractivity contribution in [3.05, 3.63) is 48.0 Å². The fourth-order valence-electron chi connectivity index (χ4n) is 2.76. The molecule has 0 aliphatic carbocycles. The van der Waals surface area contributed by atoms with Gasteiger partial charge in [0.05, 0.1) is 6.10 Å². The van der Waals surface area contributed by atoms with Gasteiger partial charge in [0.1, 0.15) is 0 Å². The van der Waals surface area contributed by atoms with Gasteiger partial charge in [-0.1, -0.05) is 63.6 Å². The van der Waals surface area contributed by atoms with Gasteiger partial charge in [0, 0.05) is 6.04 Å². The van der Waals surface area contributed by atoms with Crippen LogP contribution in [0.1, 0.15) is 45.3 Å². The molecule has 2 rings (SSSR count). The van der Waals surface area contributed by atoms with E-state index in [1.807, 2.05) is 18.2 Å². The van der Waals surface area contributed by atoms with Crippen LogP contribution >= 0.6 is 0 Å². The third kappa shape index (κ3) is 4.05. The predicted molar refractivity (Wildman–Crippen MR) is 90.4 cm³/mol. The molecule has 0 aliphatic heterocycles. The molecule has 2 heteroatoms. The summed E-state index contributed by atoms with van der Waals surface area (Å²) < 4.78 is 0. The van der Waals surface area contributed by atoms with E-state index in [1.54, 1.807) is 0 Å². The first-order chi connectivity index (χ1) is 10.1. The van der Waals surface area contributed by atoms with Crippen LogP contribution in [0.15, 0.2) is 42.5 Å². The fourth-order valence-corrected chi connectivity index (χ4v) is 2.76. The molecule has 0 amide bonds. The SMILES string of the molecule is CCCCNC(C(C)C)C(O)c1ccc2ccccc2c1. The first-order valence-corrected chi connectivity index (χ1v) is 8.03. The largest absolute Gasteiger partial charge is 0.387 e. The number of aliphatic hydroxyl groups is 1. The van der Waals surface area contributed by atoms with Crippen molar-refractivity contribution >= 4 is 10.8 Å². The molecule has 0 saturated heterocycles. The van der Waals surface area contributed by atoms with E-state index in [9.17, 15) is 5.11 Å². The number of aliphatic hydroxyl groups excluding tert-OH is 1. The van der Waals surface area contributed by atoms with Gasteiger partial charge in [-0.25, -0.2) is 0 Å². The Kier molecular flexibility index (Phi) is 5.77. The summed E-state index contributed by atoms with van der Waals surface area (Å²) in [5.74, 6) is 0.392. The summed E-state index contributed by atoms with van der Waals surface area (Å²) >= 11 is 0. The number of hydrogen-bond donors (Lipinski definition) is 2. The van der Waals surface area contributed by atoms with E-state index in [-0.39, 0.29) is 6.04 Å². The molecule has 2 unspecified atom stereocenters. The molecular formula is C19H27NO. The van der Waals surface area contributed by atoms with Crippen LogP contribution < -0.4 is 5.32 Å². The molecule has 2 aromatic carbocycles. The van der Waals surface area contributed by atoms with Gasteiger partial charge >= 0.3 is 0 Å². The minimum atomic E-state index is -0.466. The normalized spacial score (nSPS) is 14.5. The Hall–Kier alpha value is -1.38. The molecule has 0 radical (unpaired) electrons. The van der Waals surface area contributed by atoms with E-state index in [4.69, 9.17) is 0 Å². The van der Waals surface area contributed by atoms with Crippen molar-refractivity contribution < 1.29 is 5.11 Å². The lowest BCUT2D eigenvalue weighted by atomic mass is 9.92. The summed E-state index contributed by atoms with van der Waals surface area (Å²) in [5, 5.41) is 16.7. The minimum Gasteiger partial charge on any atom is -0.387 e. The fraction of sp³-hybridized carbons (Fsp3) is 0.474. The average molecular weight is 285 g/mol. The lowest BCUT2D eigenvalue weighted by Gasteiger charge is -2.28. The van der Waals surface area contributed by atoms with Gasteiger partial charge in [-0.3, -0.25) is 0 Å². The topological polar surface area (TPSA) is 32.3 Å². The van der Waals surface area contributed by atoms with Crippen molar-refractivity contribution in [3.63, 3.8) is 0 Å². The number of nitrogens with one attached hydrogen (secondary N) is 1. The van der Waals surface area contributed by atoms with Crippen molar-refractivity contribution in [2.75, 3.05) is 6.54 Å². The van der Waals surface area contributed by atoms with Crippen LogP contribution in [0.2, 0.25) is 0 Å². The van der Waals surface area contributed by atoms with Gasteiger partial charge in [0.25, 0.3) is 0 Å². The molecule has 2 nitrogen and oxygen atoms in total. The Balaban J connectivity index is 2.19. The van der Waals surface area contributed by atoms with Crippen LogP contribution in [-0.4, -0.2) is 17.7 Å². The smallest absolute Gasteiger partial charge is 0.0945 e. The zero-order valence-corrected chi connectivity index (χ0v) is 13.3. The average Bonchev–Trinajstić information content (AvgIpc) is 2.50. The first kappa shape index (κ1) is 16.0. The van der Waals surface area contributed by atoms with Crippen LogP contribution in [-0.2, 0) is 0 Å². The Morgan fingerprint density at radius 3 is 2.43 bits per heavy atom. The number of unbranched alkanes of at least 4 members (excludes halogenated alkanes) is 1. The molecule has 0 heterocycles. The highest BCUT2D eigenvalue weighted by Crippen LogP contribution is 2.25. The summed E-state index contributed by atoms with van der Waals surface area (Å²) in [6.45, 7) is 7.47. The summed E-state index contributed by atoms with van der Waals surface area (Å²) in [5.41, 5.74) is 0.997. The molecule has 2 N–H and O–H groups in total. The van der Waals surface area contributed by atoms with Crippen molar-refractivity contribution in [2.45, 2.75) is 45.8 Å². The second kappa shape index (κ2) is 7.58. The third-order valence-electron chi connectivity index (χ3n) is 4.08. The van der Waals surface area contributed by atoms with Gasteiger partial charge in [0.15, 0.2) is 0 Å². The monoisotopic (exact) mass is 285 g/mol. The van der Waals surface area contributed by atoms with E-state index >= 15 is 0 Å². The highest BCUT2D eigenvalue weighted by atomic mass is 16.3. The molecule has 0 fully saturated rings. The summed E-state index contributed by atoms with van der Waals surface area (Å²) in [4.78, 5) is 0. The quantitative estimate of drug-likeness (QED) is 0.744. The number of hydrogen-bond acceptors (Lipinski definition) is 2. The predicted octanol–water partition coefficient (Wildman–Crippen LogP) is 4.29. The molecular weight excluding hydrogens is 258 g/mol. The maximum absolute atomic E-state index is 10.7. The van der Waals surface area contributed by atoms with E-state index in [0.717, 1.165) is 18.5 Å². The Bertz CT molecular complexity index is 564. The van der Waals surface area contributed by atoms with E-state index < -0.39 is 6.10 Å². The second-order valence-corrected chi connectivity index (χ2v) is 6.13. The van der Waals surface area contributed by atoms with Gasteiger partial charge in [-0.2, -0.15) is 0 Å². The van der Waals surface area contributed by atoms with Crippen LogP contribution in [0.3, 0.4) is 0 Å². The molecule has 0 aliphatic rings. The van der Waals surface area contributed by atoms with Crippen LogP contribution in [0, 0.1) is 5.92 Å². The summed E-state index contributed by atoms with van der Waals surface area (Å²) in [7, 11) is 0. The number of fused-ring (bicyclic) bond motifs is 1. The molecule has 2 aromatic rings. The van der Waals surface area contributed by atoms with E-state index in [1.165, 1.54) is 17.2 Å².